The summed E-state index contributed by atoms with van der Waals surface area (Å²) in [4.78, 5) is 1.49. The SMILES string of the molecule is N#CC(=C=[N-])S(=O)(=O)C1CCC(C2=c3cc4c5c(c3Oc3c2cc2c6c3CCCN6CCC2)CCC[N+]=5CCC4)C(S(=O)(=O)[O-])C1. The number of sulfone groups is 1. The fourth-order valence-corrected chi connectivity index (χ4v) is 12.0. The van der Waals surface area contributed by atoms with Crippen LogP contribution in [0.2, 0.25) is 0 Å². The maximum absolute atomic E-state index is 13.2. The lowest BCUT2D eigenvalue weighted by atomic mass is 9.75. The number of nitrogens with zero attached hydrogens (tertiary/aromatic N) is 4. The molecule has 46 heavy (non-hydrogen) atoms. The highest BCUT2D eigenvalue weighted by Crippen LogP contribution is 2.51. The monoisotopic (exact) mass is 659 g/mol. The highest BCUT2D eigenvalue weighted by atomic mass is 32.2. The third-order valence-electron chi connectivity index (χ3n) is 11.1. The average Bonchev–Trinajstić information content (AvgIpc) is 3.04. The van der Waals surface area contributed by atoms with Crippen LogP contribution in [0.25, 0.3) is 11.0 Å². The Bertz CT molecular complexity index is 2160. The van der Waals surface area contributed by atoms with Gasteiger partial charge in [0.05, 0.1) is 26.2 Å². The summed E-state index contributed by atoms with van der Waals surface area (Å²) in [7, 11) is -9.38. The molecule has 0 saturated heterocycles. The molecule has 1 fully saturated rings. The first-order chi connectivity index (χ1) is 22.1. The van der Waals surface area contributed by atoms with Crippen molar-refractivity contribution in [1.82, 2.24) is 4.58 Å². The van der Waals surface area contributed by atoms with Gasteiger partial charge in [0.15, 0.2) is 14.7 Å². The summed E-state index contributed by atoms with van der Waals surface area (Å²) in [6, 6.07) is 5.75. The Kier molecular flexibility index (Phi) is 7.00. The summed E-state index contributed by atoms with van der Waals surface area (Å²) in [6.07, 6.45) is 7.16. The van der Waals surface area contributed by atoms with Gasteiger partial charge in [-0.2, -0.15) is 5.26 Å². The van der Waals surface area contributed by atoms with Gasteiger partial charge in [-0.15, -0.1) is 0 Å². The van der Waals surface area contributed by atoms with Crippen LogP contribution in [-0.4, -0.2) is 63.9 Å². The Morgan fingerprint density at radius 1 is 0.957 bits per heavy atom. The molecule has 2 aromatic rings. The Labute approximate surface area is 268 Å². The van der Waals surface area contributed by atoms with E-state index in [9.17, 15) is 32.1 Å². The van der Waals surface area contributed by atoms with Crippen molar-refractivity contribution in [1.29, 1.82) is 5.26 Å². The smallest absolute Gasteiger partial charge is 0.210 e. The summed E-state index contributed by atoms with van der Waals surface area (Å²) in [5.74, 6) is 2.18. The van der Waals surface area contributed by atoms with Gasteiger partial charge in [-0.05, 0) is 81.1 Å². The molecule has 5 heterocycles. The van der Waals surface area contributed by atoms with Crippen molar-refractivity contribution >= 4 is 37.1 Å². The quantitative estimate of drug-likeness (QED) is 0.210. The molecular weight excluding hydrogens is 625 g/mol. The number of ether oxygens (including phenoxy) is 1. The van der Waals surface area contributed by atoms with Gasteiger partial charge in [-0.3, -0.25) is 0 Å². The number of fused-ring (bicyclic) bond motifs is 4. The van der Waals surface area contributed by atoms with Crippen LogP contribution >= 0.6 is 0 Å². The predicted octanol–water partition coefficient (Wildman–Crippen LogP) is 2.22. The number of allylic oxidation sites excluding steroid dienone is 1. The summed E-state index contributed by atoms with van der Waals surface area (Å²) < 4.78 is 75.3. The second-order valence-corrected chi connectivity index (χ2v) is 17.3. The van der Waals surface area contributed by atoms with Gasteiger partial charge < -0.3 is 19.6 Å². The first kappa shape index (κ1) is 29.9. The summed E-state index contributed by atoms with van der Waals surface area (Å²) in [5.41, 5.74) is 7.50. The van der Waals surface area contributed by atoms with Gasteiger partial charge in [0.2, 0.25) is 5.36 Å². The number of anilines is 1. The molecule has 0 aromatic heterocycles. The molecule has 0 spiro atoms. The first-order valence-electron chi connectivity index (χ1n) is 16.4. The van der Waals surface area contributed by atoms with E-state index < -0.39 is 47.7 Å². The van der Waals surface area contributed by atoms with Crippen LogP contribution in [-0.2, 0) is 45.6 Å². The number of rotatable bonds is 4. The average molecular weight is 660 g/mol. The van der Waals surface area contributed by atoms with E-state index in [1.807, 2.05) is 0 Å². The van der Waals surface area contributed by atoms with E-state index in [1.54, 1.807) is 0 Å². The molecular formula is C34H35N4O6S2-. The van der Waals surface area contributed by atoms with E-state index in [-0.39, 0.29) is 12.8 Å². The molecule has 1 saturated carbocycles. The van der Waals surface area contributed by atoms with Crippen LogP contribution < -0.4 is 24.8 Å². The van der Waals surface area contributed by atoms with Crippen LogP contribution in [0.3, 0.4) is 0 Å². The van der Waals surface area contributed by atoms with Gasteiger partial charge in [-0.1, -0.05) is 0 Å². The zero-order valence-corrected chi connectivity index (χ0v) is 27.2. The summed E-state index contributed by atoms with van der Waals surface area (Å²) in [6.45, 7) is 3.94. The van der Waals surface area contributed by atoms with Crippen LogP contribution in [0, 0.1) is 17.2 Å². The second kappa shape index (κ2) is 10.8. The fraction of sp³-hybridized carbons (Fsp3) is 0.529. The van der Waals surface area contributed by atoms with Crippen LogP contribution in [0.15, 0.2) is 17.0 Å². The number of aryl methyl sites for hydroxylation is 2. The minimum atomic E-state index is -4.99. The molecule has 2 aromatic carbocycles. The van der Waals surface area contributed by atoms with Crippen molar-refractivity contribution < 1.29 is 26.1 Å². The van der Waals surface area contributed by atoms with Gasteiger partial charge >= 0.3 is 0 Å². The van der Waals surface area contributed by atoms with Crippen LogP contribution in [0.1, 0.15) is 72.8 Å². The lowest BCUT2D eigenvalue weighted by Gasteiger charge is -2.42. The van der Waals surface area contributed by atoms with E-state index in [4.69, 9.17) is 4.74 Å². The van der Waals surface area contributed by atoms with Crippen molar-refractivity contribution in [2.24, 2.45) is 5.92 Å². The third-order valence-corrected chi connectivity index (χ3v) is 14.5. The Hall–Kier alpha value is -3.49. The highest BCUT2D eigenvalue weighted by molar-refractivity contribution is 7.96. The molecule has 6 aliphatic rings. The molecule has 1 aliphatic carbocycles. The van der Waals surface area contributed by atoms with Crippen molar-refractivity contribution in [3.05, 3.63) is 60.8 Å². The van der Waals surface area contributed by atoms with Gasteiger partial charge in [-0.25, -0.2) is 27.3 Å². The number of hydrogen-bond donors (Lipinski definition) is 0. The fourth-order valence-electron chi connectivity index (χ4n) is 9.28. The molecule has 240 valence electrons. The zero-order valence-electron chi connectivity index (χ0n) is 25.5. The largest absolute Gasteiger partial charge is 0.762 e. The van der Waals surface area contributed by atoms with E-state index in [1.165, 1.54) is 34.1 Å². The maximum atomic E-state index is 13.2. The van der Waals surface area contributed by atoms with Crippen molar-refractivity contribution in [3.8, 4) is 17.6 Å². The van der Waals surface area contributed by atoms with Crippen LogP contribution in [0.4, 0.5) is 5.69 Å². The van der Waals surface area contributed by atoms with E-state index in [0.29, 0.717) is 0 Å². The molecule has 12 heteroatoms. The Morgan fingerprint density at radius 2 is 1.67 bits per heavy atom. The van der Waals surface area contributed by atoms with Gasteiger partial charge in [0.25, 0.3) is 0 Å². The number of hydrogen-bond acceptors (Lipinski definition) is 8. The van der Waals surface area contributed by atoms with Gasteiger partial charge in [0, 0.05) is 59.4 Å². The minimum absolute atomic E-state index is 0.0397. The normalized spacial score (nSPS) is 24.8. The van der Waals surface area contributed by atoms with E-state index in [0.717, 1.165) is 117 Å². The molecule has 5 aliphatic heterocycles. The molecule has 0 bridgehead atoms. The highest BCUT2D eigenvalue weighted by Gasteiger charge is 2.45. The first-order valence-corrected chi connectivity index (χ1v) is 19.4. The third kappa shape index (κ3) is 4.43. The Balaban J connectivity index is 1.41. The second-order valence-electron chi connectivity index (χ2n) is 13.6. The standard InChI is InChI=1S/C34H36N4O6S2/c35-18-23(19-36)45(39,40)22-9-10-24(29(17-22)46(41,42)43)30-27-15-20-5-1-11-37-13-3-7-25(31(20)37)33(27)44-34-26-8-4-14-38-12-2-6-21(32(26)38)16-28(30)34/h15-16,22,24,29H,1-14,17H2,(H,41,42,43)/p-1. The topological polar surface area (TPSA) is 153 Å². The lowest BCUT2D eigenvalue weighted by molar-refractivity contribution is 0.373. The number of benzene rings is 2. The summed E-state index contributed by atoms with van der Waals surface area (Å²) >= 11 is 0. The molecule has 0 N–H and O–H groups in total. The summed E-state index contributed by atoms with van der Waals surface area (Å²) in [5, 5.41) is 17.9. The van der Waals surface area contributed by atoms with Crippen molar-refractivity contribution in [2.75, 3.05) is 31.1 Å². The van der Waals surface area contributed by atoms with Crippen LogP contribution in [0.5, 0.6) is 11.5 Å². The lowest BCUT2D eigenvalue weighted by Crippen LogP contribution is -2.46. The molecule has 3 atom stereocenters. The molecule has 0 amide bonds. The molecule has 3 unspecified atom stereocenters. The molecule has 8 rings (SSSR count). The minimum Gasteiger partial charge on any atom is -0.762 e. The predicted molar refractivity (Wildman–Crippen MR) is 172 cm³/mol. The van der Waals surface area contributed by atoms with Crippen molar-refractivity contribution in [3.63, 3.8) is 0 Å². The van der Waals surface area contributed by atoms with Gasteiger partial charge in [0.1, 0.15) is 30.7 Å². The van der Waals surface area contributed by atoms with E-state index >= 15 is 0 Å². The number of nitriles is 1. The maximum Gasteiger partial charge on any atom is 0.210 e. The van der Waals surface area contributed by atoms with Crippen molar-refractivity contribution in [2.45, 2.75) is 81.1 Å². The Morgan fingerprint density at radius 3 is 2.41 bits per heavy atom. The molecule has 0 radical (unpaired) electrons. The van der Waals surface area contributed by atoms with E-state index in [2.05, 4.69) is 21.6 Å². The molecule has 10 nitrogen and oxygen atoms in total. The zero-order chi connectivity index (χ0) is 32.0.